The molecule has 0 heterocycles. The van der Waals surface area contributed by atoms with E-state index in [9.17, 15) is 23.9 Å². The minimum Gasteiger partial charge on any atom is -0.513 e. The molecule has 0 aromatic heterocycles. The molecule has 3 atom stereocenters. The monoisotopic (exact) mass is 606 g/mol. The highest BCUT2D eigenvalue weighted by molar-refractivity contribution is 5.87. The van der Waals surface area contributed by atoms with E-state index in [0.29, 0.717) is 31.7 Å². The predicted octanol–water partition coefficient (Wildman–Crippen LogP) is 3.56. The van der Waals surface area contributed by atoms with E-state index >= 15 is 0 Å². The Hall–Kier alpha value is -3.54. The number of likely N-dealkylation sites (N-methyl/N-ethyl adjacent to an activating group) is 1. The molecule has 1 unspecified atom stereocenters. The molecule has 3 amide bonds. The maximum Gasteiger partial charge on any atom is 0.240 e. The Bertz CT molecular complexity index is 1030. The van der Waals surface area contributed by atoms with Crippen molar-refractivity contribution in [2.75, 3.05) is 39.8 Å². The van der Waals surface area contributed by atoms with E-state index in [0.717, 1.165) is 18.4 Å². The molecule has 0 aliphatic heterocycles. The first kappa shape index (κ1) is 39.5. The minimum atomic E-state index is -0.959. The molecule has 0 saturated heterocycles. The topological polar surface area (TPSA) is 140 Å². The summed E-state index contributed by atoms with van der Waals surface area (Å²) >= 11 is 0. The standard InChI is InChI=1S/C23H36FN3O4.C9H15NO2/c1-6-7-12-31-17(4)13-26-22(16(2)3)23(30)27(5)15-21(29)25-14-20(28)18-8-10-19(24)11-9-18;1-8(6-9(2)12)4-3-5-10-7-11/h6-11,16-17,20,22,26,28H,12-15H2,1-5H3,(H,25,29);6-7,12H,1,3-5H2,2H3,(H,10,11)/b7-6-;9-6+/t17-,20+,22?;/m1./s1. The van der Waals surface area contributed by atoms with Crippen molar-refractivity contribution in [2.45, 2.75) is 65.7 Å². The van der Waals surface area contributed by atoms with Crippen molar-refractivity contribution in [2.24, 2.45) is 5.92 Å². The van der Waals surface area contributed by atoms with Gasteiger partial charge in [-0.15, -0.1) is 0 Å². The Labute approximate surface area is 256 Å². The summed E-state index contributed by atoms with van der Waals surface area (Å²) in [5.41, 5.74) is 1.38. The van der Waals surface area contributed by atoms with Gasteiger partial charge in [-0.3, -0.25) is 14.4 Å². The van der Waals surface area contributed by atoms with E-state index in [1.165, 1.54) is 29.2 Å². The fourth-order valence-corrected chi connectivity index (χ4v) is 3.72. The summed E-state index contributed by atoms with van der Waals surface area (Å²) < 4.78 is 18.6. The van der Waals surface area contributed by atoms with Crippen molar-refractivity contribution in [3.05, 3.63) is 71.8 Å². The molecular weight excluding hydrogens is 555 g/mol. The summed E-state index contributed by atoms with van der Waals surface area (Å²) in [5.74, 6) is -0.677. The van der Waals surface area contributed by atoms with Crippen LogP contribution in [-0.4, -0.2) is 85.3 Å². The maximum absolute atomic E-state index is 13.0. The third-order valence-electron chi connectivity index (χ3n) is 6.09. The number of amides is 3. The molecule has 0 fully saturated rings. The molecule has 0 aliphatic carbocycles. The number of hydrogen-bond acceptors (Lipinski definition) is 7. The van der Waals surface area contributed by atoms with E-state index in [1.807, 2.05) is 39.8 Å². The molecule has 0 spiro atoms. The van der Waals surface area contributed by atoms with Crippen molar-refractivity contribution < 1.29 is 33.7 Å². The number of benzene rings is 1. The van der Waals surface area contributed by atoms with E-state index < -0.39 is 18.0 Å². The van der Waals surface area contributed by atoms with Crippen LogP contribution in [-0.2, 0) is 19.1 Å². The predicted molar refractivity (Wildman–Crippen MR) is 168 cm³/mol. The molecule has 0 bridgehead atoms. The molecule has 0 aliphatic rings. The lowest BCUT2D eigenvalue weighted by Gasteiger charge is -2.28. The third-order valence-corrected chi connectivity index (χ3v) is 6.09. The number of rotatable bonds is 19. The van der Waals surface area contributed by atoms with Crippen molar-refractivity contribution in [3.63, 3.8) is 0 Å². The number of aliphatic hydroxyl groups is 2. The zero-order valence-electron chi connectivity index (χ0n) is 26.4. The van der Waals surface area contributed by atoms with Gasteiger partial charge in [0, 0.05) is 26.7 Å². The summed E-state index contributed by atoms with van der Waals surface area (Å²) in [6, 6.07) is 4.97. The minimum absolute atomic E-state index is 0.0284. The molecule has 1 aromatic carbocycles. The van der Waals surface area contributed by atoms with Crippen LogP contribution in [0, 0.1) is 11.7 Å². The first-order valence-corrected chi connectivity index (χ1v) is 14.5. The van der Waals surface area contributed by atoms with Crippen LogP contribution in [0.2, 0.25) is 0 Å². The van der Waals surface area contributed by atoms with Gasteiger partial charge in [-0.05, 0) is 63.3 Å². The van der Waals surface area contributed by atoms with Gasteiger partial charge in [0.25, 0.3) is 0 Å². The number of aliphatic hydroxyl groups excluding tert-OH is 2. The molecule has 1 rings (SSSR count). The Balaban J connectivity index is 0.00000123. The number of ether oxygens (including phenoxy) is 1. The fraction of sp³-hybridized carbons (Fsp3) is 0.531. The zero-order valence-corrected chi connectivity index (χ0v) is 26.4. The highest BCUT2D eigenvalue weighted by Gasteiger charge is 2.26. The molecule has 5 N–H and O–H groups in total. The second-order valence-corrected chi connectivity index (χ2v) is 10.5. The van der Waals surface area contributed by atoms with Gasteiger partial charge in [0.15, 0.2) is 0 Å². The number of carbonyl (C=O) groups is 3. The van der Waals surface area contributed by atoms with E-state index in [4.69, 9.17) is 9.84 Å². The normalized spacial score (nSPS) is 13.5. The van der Waals surface area contributed by atoms with Crippen LogP contribution < -0.4 is 16.0 Å². The van der Waals surface area contributed by atoms with Gasteiger partial charge < -0.3 is 35.8 Å². The van der Waals surface area contributed by atoms with Crippen LogP contribution in [0.25, 0.3) is 0 Å². The Morgan fingerprint density at radius 2 is 1.81 bits per heavy atom. The van der Waals surface area contributed by atoms with Gasteiger partial charge in [-0.25, -0.2) is 4.39 Å². The lowest BCUT2D eigenvalue weighted by molar-refractivity contribution is -0.137. The largest absolute Gasteiger partial charge is 0.513 e. The number of hydrogen-bond donors (Lipinski definition) is 5. The summed E-state index contributed by atoms with van der Waals surface area (Å²) in [7, 11) is 1.57. The summed E-state index contributed by atoms with van der Waals surface area (Å²) in [6.45, 7) is 14.6. The van der Waals surface area contributed by atoms with Crippen molar-refractivity contribution in [1.82, 2.24) is 20.9 Å². The van der Waals surface area contributed by atoms with Gasteiger partial charge in [0.05, 0.1) is 37.2 Å². The second kappa shape index (κ2) is 23.0. The molecule has 0 radical (unpaired) electrons. The number of allylic oxidation sites excluding steroid dienone is 4. The van der Waals surface area contributed by atoms with Crippen molar-refractivity contribution in [1.29, 1.82) is 0 Å². The Kier molecular flexibility index (Phi) is 21.1. The molecule has 43 heavy (non-hydrogen) atoms. The number of carbonyl (C=O) groups excluding carboxylic acids is 3. The SMILES string of the molecule is C/C=C\CO[C@H](C)CNC(C(=O)N(C)CC(=O)NC[C@H](O)c1ccc(F)cc1)C(C)C.C=C(/C=C(\C)O)CCCNC=O. The maximum atomic E-state index is 13.0. The molecular formula is C32H51FN4O6. The van der Waals surface area contributed by atoms with E-state index in [2.05, 4.69) is 22.5 Å². The van der Waals surface area contributed by atoms with Crippen LogP contribution in [0.3, 0.4) is 0 Å². The highest BCUT2D eigenvalue weighted by atomic mass is 19.1. The third kappa shape index (κ3) is 19.3. The number of nitrogens with zero attached hydrogens (tertiary/aromatic N) is 1. The van der Waals surface area contributed by atoms with Gasteiger partial charge >= 0.3 is 0 Å². The second-order valence-electron chi connectivity index (χ2n) is 10.5. The number of halogens is 1. The molecule has 242 valence electrons. The van der Waals surface area contributed by atoms with Gasteiger partial charge in [-0.2, -0.15) is 0 Å². The van der Waals surface area contributed by atoms with Gasteiger partial charge in [0.1, 0.15) is 5.82 Å². The first-order valence-electron chi connectivity index (χ1n) is 14.5. The van der Waals surface area contributed by atoms with Crippen LogP contribution >= 0.6 is 0 Å². The fourth-order valence-electron chi connectivity index (χ4n) is 3.72. The average molecular weight is 607 g/mol. The quantitative estimate of drug-likeness (QED) is 0.0533. The first-order chi connectivity index (χ1) is 20.3. The Morgan fingerprint density at radius 1 is 1.16 bits per heavy atom. The van der Waals surface area contributed by atoms with Crippen LogP contribution in [0.4, 0.5) is 4.39 Å². The van der Waals surface area contributed by atoms with Crippen LogP contribution in [0.1, 0.15) is 59.1 Å². The lowest BCUT2D eigenvalue weighted by atomic mass is 10.0. The van der Waals surface area contributed by atoms with Gasteiger partial charge in [-0.1, -0.05) is 50.3 Å². The zero-order chi connectivity index (χ0) is 32.8. The summed E-state index contributed by atoms with van der Waals surface area (Å²) in [4.78, 5) is 36.3. The average Bonchev–Trinajstić information content (AvgIpc) is 2.94. The van der Waals surface area contributed by atoms with Crippen molar-refractivity contribution in [3.8, 4) is 0 Å². The summed E-state index contributed by atoms with van der Waals surface area (Å²) in [6.07, 6.45) is 6.75. The summed E-state index contributed by atoms with van der Waals surface area (Å²) in [5, 5.41) is 27.4. The number of nitrogens with one attached hydrogen (secondary N) is 3. The van der Waals surface area contributed by atoms with E-state index in [1.54, 1.807) is 20.0 Å². The smallest absolute Gasteiger partial charge is 0.240 e. The molecule has 10 nitrogen and oxygen atoms in total. The van der Waals surface area contributed by atoms with Crippen LogP contribution in [0.15, 0.2) is 60.4 Å². The Morgan fingerprint density at radius 3 is 2.37 bits per heavy atom. The van der Waals surface area contributed by atoms with E-state index in [-0.39, 0.29) is 42.7 Å². The van der Waals surface area contributed by atoms with Gasteiger partial charge in [0.2, 0.25) is 18.2 Å². The highest BCUT2D eigenvalue weighted by Crippen LogP contribution is 2.12. The van der Waals surface area contributed by atoms with Crippen molar-refractivity contribution >= 4 is 18.2 Å². The van der Waals surface area contributed by atoms with Crippen LogP contribution in [0.5, 0.6) is 0 Å². The molecule has 1 aromatic rings. The lowest BCUT2D eigenvalue weighted by Crippen LogP contribution is -2.51. The molecule has 0 saturated carbocycles. The molecule has 11 heteroatoms.